The van der Waals surface area contributed by atoms with Gasteiger partial charge in [0, 0.05) is 12.7 Å². The predicted molar refractivity (Wildman–Crippen MR) is 55.9 cm³/mol. The zero-order valence-electron chi connectivity index (χ0n) is 8.52. The van der Waals surface area contributed by atoms with Gasteiger partial charge >= 0.3 is 0 Å². The fourth-order valence-electron chi connectivity index (χ4n) is 0.941. The summed E-state index contributed by atoms with van der Waals surface area (Å²) in [6, 6.07) is 0. The molecule has 0 saturated heterocycles. The Morgan fingerprint density at radius 2 is 2.00 bits per heavy atom. The Morgan fingerprint density at radius 3 is 2.25 bits per heavy atom. The van der Waals surface area contributed by atoms with Gasteiger partial charge in [-0.2, -0.15) is 0 Å². The summed E-state index contributed by atoms with van der Waals surface area (Å²) in [6.07, 6.45) is 6.08. The van der Waals surface area contributed by atoms with Gasteiger partial charge in [-0.25, -0.2) is 0 Å². The highest BCUT2D eigenvalue weighted by Crippen LogP contribution is 2.11. The molecular formula is C11H19N. The lowest BCUT2D eigenvalue weighted by Gasteiger charge is -2.07. The van der Waals surface area contributed by atoms with E-state index in [2.05, 4.69) is 31.8 Å². The standard InChI is InChI=1S/C11H19N/c1-6-10(9(3)4)8-11(7-2)12-5/h6-9,12H,1H2,2-5H3/b10-8+,11-7-. The summed E-state index contributed by atoms with van der Waals surface area (Å²) in [5.41, 5.74) is 2.40. The van der Waals surface area contributed by atoms with Gasteiger partial charge in [0.2, 0.25) is 0 Å². The van der Waals surface area contributed by atoms with Crippen LogP contribution in [0.25, 0.3) is 0 Å². The number of allylic oxidation sites excluding steroid dienone is 4. The van der Waals surface area contributed by atoms with Crippen molar-refractivity contribution in [3.05, 3.63) is 36.1 Å². The van der Waals surface area contributed by atoms with Crippen LogP contribution in [-0.2, 0) is 0 Å². The van der Waals surface area contributed by atoms with E-state index in [0.29, 0.717) is 5.92 Å². The number of rotatable bonds is 4. The molecule has 0 radical (unpaired) electrons. The molecular weight excluding hydrogens is 146 g/mol. The van der Waals surface area contributed by atoms with E-state index in [1.807, 2.05) is 26.1 Å². The van der Waals surface area contributed by atoms with Crippen LogP contribution in [0.3, 0.4) is 0 Å². The first-order chi connectivity index (χ1) is 5.65. The van der Waals surface area contributed by atoms with Crippen LogP contribution < -0.4 is 5.32 Å². The van der Waals surface area contributed by atoms with Crippen molar-refractivity contribution >= 4 is 0 Å². The van der Waals surface area contributed by atoms with E-state index in [9.17, 15) is 0 Å². The second-order valence-electron chi connectivity index (χ2n) is 3.00. The molecule has 0 heterocycles. The van der Waals surface area contributed by atoms with Crippen molar-refractivity contribution in [3.8, 4) is 0 Å². The lowest BCUT2D eigenvalue weighted by Crippen LogP contribution is -2.04. The van der Waals surface area contributed by atoms with Crippen LogP contribution in [0.1, 0.15) is 20.8 Å². The molecule has 0 aromatic carbocycles. The van der Waals surface area contributed by atoms with E-state index in [-0.39, 0.29) is 0 Å². The van der Waals surface area contributed by atoms with Crippen LogP contribution in [0.2, 0.25) is 0 Å². The molecule has 0 aromatic heterocycles. The molecule has 0 unspecified atom stereocenters. The lowest BCUT2D eigenvalue weighted by molar-refractivity contribution is 0.788. The Balaban J connectivity index is 4.58. The van der Waals surface area contributed by atoms with Crippen molar-refractivity contribution < 1.29 is 0 Å². The van der Waals surface area contributed by atoms with Crippen LogP contribution in [0.15, 0.2) is 36.1 Å². The topological polar surface area (TPSA) is 12.0 Å². The SMILES string of the molecule is C=C/C(=C\C(=C\C)NC)C(C)C. The summed E-state index contributed by atoms with van der Waals surface area (Å²) in [4.78, 5) is 0. The Kier molecular flexibility index (Phi) is 5.18. The van der Waals surface area contributed by atoms with Gasteiger partial charge in [-0.3, -0.25) is 0 Å². The molecule has 0 spiro atoms. The summed E-state index contributed by atoms with van der Waals surface area (Å²) in [5, 5.41) is 3.11. The van der Waals surface area contributed by atoms with Gasteiger partial charge in [0.1, 0.15) is 0 Å². The third kappa shape index (κ3) is 3.42. The van der Waals surface area contributed by atoms with Gasteiger partial charge in [-0.15, -0.1) is 0 Å². The highest BCUT2D eigenvalue weighted by atomic mass is 14.8. The van der Waals surface area contributed by atoms with Gasteiger partial charge in [-0.05, 0) is 24.5 Å². The number of likely N-dealkylation sites (N-methyl/N-ethyl adjacent to an activating group) is 1. The number of hydrogen-bond acceptors (Lipinski definition) is 1. The van der Waals surface area contributed by atoms with E-state index in [1.54, 1.807) is 0 Å². The molecule has 1 N–H and O–H groups in total. The minimum Gasteiger partial charge on any atom is -0.388 e. The molecule has 0 aliphatic heterocycles. The molecule has 0 bridgehead atoms. The minimum absolute atomic E-state index is 0.533. The molecule has 0 saturated carbocycles. The van der Waals surface area contributed by atoms with E-state index in [1.165, 1.54) is 5.57 Å². The largest absolute Gasteiger partial charge is 0.388 e. The summed E-state index contributed by atoms with van der Waals surface area (Å²) >= 11 is 0. The van der Waals surface area contributed by atoms with Gasteiger partial charge in [0.05, 0.1) is 0 Å². The summed E-state index contributed by atoms with van der Waals surface area (Å²) in [7, 11) is 1.92. The third-order valence-electron chi connectivity index (χ3n) is 1.82. The molecule has 68 valence electrons. The molecule has 12 heavy (non-hydrogen) atoms. The zero-order valence-corrected chi connectivity index (χ0v) is 8.52. The van der Waals surface area contributed by atoms with Crippen LogP contribution >= 0.6 is 0 Å². The van der Waals surface area contributed by atoms with Gasteiger partial charge < -0.3 is 5.32 Å². The van der Waals surface area contributed by atoms with Crippen molar-refractivity contribution in [1.29, 1.82) is 0 Å². The summed E-state index contributed by atoms with van der Waals surface area (Å²) in [5.74, 6) is 0.533. The summed E-state index contributed by atoms with van der Waals surface area (Å²) < 4.78 is 0. The zero-order chi connectivity index (χ0) is 9.56. The second kappa shape index (κ2) is 5.64. The van der Waals surface area contributed by atoms with Crippen LogP contribution in [0.4, 0.5) is 0 Å². The molecule has 0 fully saturated rings. The second-order valence-corrected chi connectivity index (χ2v) is 3.00. The summed E-state index contributed by atoms with van der Waals surface area (Å²) in [6.45, 7) is 10.1. The predicted octanol–water partition coefficient (Wildman–Crippen LogP) is 2.88. The van der Waals surface area contributed by atoms with Gasteiger partial charge in [-0.1, -0.05) is 32.6 Å². The average Bonchev–Trinajstić information content (AvgIpc) is 2.06. The first-order valence-electron chi connectivity index (χ1n) is 4.33. The molecule has 0 rings (SSSR count). The van der Waals surface area contributed by atoms with Crippen molar-refractivity contribution in [2.75, 3.05) is 7.05 Å². The van der Waals surface area contributed by atoms with Crippen molar-refractivity contribution in [3.63, 3.8) is 0 Å². The highest BCUT2D eigenvalue weighted by Gasteiger charge is 1.98. The van der Waals surface area contributed by atoms with Crippen LogP contribution in [0.5, 0.6) is 0 Å². The van der Waals surface area contributed by atoms with E-state index in [0.717, 1.165) is 5.70 Å². The Hall–Kier alpha value is -0.980. The maximum Gasteiger partial charge on any atom is 0.0297 e. The van der Waals surface area contributed by atoms with Gasteiger partial charge in [0.25, 0.3) is 0 Å². The van der Waals surface area contributed by atoms with E-state index < -0.39 is 0 Å². The molecule has 0 atom stereocenters. The molecule has 1 heteroatoms. The Bertz CT molecular complexity index is 197. The third-order valence-corrected chi connectivity index (χ3v) is 1.82. The van der Waals surface area contributed by atoms with Crippen molar-refractivity contribution in [2.24, 2.45) is 5.92 Å². The fraction of sp³-hybridized carbons (Fsp3) is 0.455. The Morgan fingerprint density at radius 1 is 1.42 bits per heavy atom. The molecule has 0 aromatic rings. The van der Waals surface area contributed by atoms with Crippen LogP contribution in [0, 0.1) is 5.92 Å². The fourth-order valence-corrected chi connectivity index (χ4v) is 0.941. The maximum atomic E-state index is 3.78. The quantitative estimate of drug-likeness (QED) is 0.632. The van der Waals surface area contributed by atoms with Gasteiger partial charge in [0.15, 0.2) is 0 Å². The smallest absolute Gasteiger partial charge is 0.0297 e. The molecule has 0 aliphatic rings. The minimum atomic E-state index is 0.533. The van der Waals surface area contributed by atoms with Crippen molar-refractivity contribution in [1.82, 2.24) is 5.32 Å². The van der Waals surface area contributed by atoms with Crippen molar-refractivity contribution in [2.45, 2.75) is 20.8 Å². The maximum absolute atomic E-state index is 3.78. The first-order valence-corrected chi connectivity index (χ1v) is 4.33. The molecule has 0 amide bonds. The molecule has 0 aliphatic carbocycles. The monoisotopic (exact) mass is 165 g/mol. The first kappa shape index (κ1) is 11.0. The molecule has 1 nitrogen and oxygen atoms in total. The van der Waals surface area contributed by atoms with E-state index >= 15 is 0 Å². The number of hydrogen-bond donors (Lipinski definition) is 1. The highest BCUT2D eigenvalue weighted by molar-refractivity contribution is 5.28. The number of nitrogens with one attached hydrogen (secondary N) is 1. The normalized spacial score (nSPS) is 13.4. The van der Waals surface area contributed by atoms with Crippen LogP contribution in [-0.4, -0.2) is 7.05 Å². The lowest BCUT2D eigenvalue weighted by atomic mass is 10.0. The average molecular weight is 165 g/mol. The Labute approximate surface area is 75.9 Å². The van der Waals surface area contributed by atoms with E-state index in [4.69, 9.17) is 0 Å².